The smallest absolute Gasteiger partial charge is 0.257 e. The number of carbonyl (C=O) groups is 1. The molecule has 1 atom stereocenters. The van der Waals surface area contributed by atoms with Crippen molar-refractivity contribution in [1.29, 1.82) is 0 Å². The molecular weight excluding hydrogens is 485 g/mol. The highest BCUT2D eigenvalue weighted by molar-refractivity contribution is 7.98. The fraction of sp³-hybridized carbons (Fsp3) is 0.269. The molecule has 0 spiro atoms. The number of carbonyl (C=O) groups excluding carboxylic acids is 1. The lowest BCUT2D eigenvalue weighted by Gasteiger charge is -2.33. The van der Waals surface area contributed by atoms with Crippen LogP contribution in [-0.4, -0.2) is 35.1 Å². The molecule has 1 aliphatic carbocycles. The van der Waals surface area contributed by atoms with Crippen LogP contribution in [-0.2, 0) is 10.5 Å². The van der Waals surface area contributed by atoms with Gasteiger partial charge in [-0.25, -0.2) is 9.37 Å². The van der Waals surface area contributed by atoms with E-state index < -0.39 is 11.5 Å². The zero-order valence-corrected chi connectivity index (χ0v) is 20.5. The van der Waals surface area contributed by atoms with Gasteiger partial charge in [0.15, 0.2) is 22.4 Å². The molecule has 0 unspecified atom stereocenters. The van der Waals surface area contributed by atoms with Crippen LogP contribution in [0.4, 0.5) is 10.2 Å². The van der Waals surface area contributed by atoms with Crippen LogP contribution >= 0.6 is 11.8 Å². The number of hydrogen-bond donors (Lipinski definition) is 3. The molecule has 2 aromatic carbocycles. The molecule has 0 saturated carbocycles. The molecule has 0 bridgehead atoms. The minimum atomic E-state index is -0.727. The number of benzene rings is 2. The number of Topliss-reactive ketones (excluding diaryl/α,β-unsaturated/α-hetero) is 1. The van der Waals surface area contributed by atoms with Crippen LogP contribution in [0, 0.1) is 5.82 Å². The quantitative estimate of drug-likeness (QED) is 0.329. The minimum absolute atomic E-state index is 0.0530. The van der Waals surface area contributed by atoms with Crippen molar-refractivity contribution in [1.82, 2.24) is 9.97 Å². The summed E-state index contributed by atoms with van der Waals surface area (Å²) in [5, 5.41) is 14.0. The minimum Gasteiger partial charge on any atom is -0.502 e. The third-order valence-electron chi connectivity index (χ3n) is 6.39. The molecule has 10 heteroatoms. The maximum absolute atomic E-state index is 14.1. The van der Waals surface area contributed by atoms with Crippen LogP contribution < -0.4 is 20.3 Å². The summed E-state index contributed by atoms with van der Waals surface area (Å²) in [6.07, 6.45) is 1.70. The summed E-state index contributed by atoms with van der Waals surface area (Å²) in [5.41, 5.74) is 2.16. The van der Waals surface area contributed by atoms with E-state index in [9.17, 15) is 19.1 Å². The third kappa shape index (κ3) is 4.21. The Morgan fingerprint density at radius 3 is 2.56 bits per heavy atom. The van der Waals surface area contributed by atoms with Crippen molar-refractivity contribution in [3.63, 3.8) is 0 Å². The number of phenolic OH excluding ortho intramolecular Hbond substituents is 1. The molecule has 0 fully saturated rings. The molecule has 0 saturated heterocycles. The molecule has 186 valence electrons. The number of halogens is 1. The summed E-state index contributed by atoms with van der Waals surface area (Å²) in [6, 6.07) is 9.65. The Balaban J connectivity index is 1.62. The van der Waals surface area contributed by atoms with Gasteiger partial charge in [0.05, 0.1) is 19.8 Å². The number of allylic oxidation sites excluding steroid dienone is 2. The van der Waals surface area contributed by atoms with Gasteiger partial charge >= 0.3 is 0 Å². The Labute approximate surface area is 210 Å². The van der Waals surface area contributed by atoms with E-state index in [0.717, 1.165) is 5.70 Å². The van der Waals surface area contributed by atoms with Crippen LogP contribution in [0.2, 0.25) is 0 Å². The Bertz CT molecular complexity index is 1430. The lowest BCUT2D eigenvalue weighted by atomic mass is 9.76. The van der Waals surface area contributed by atoms with Crippen molar-refractivity contribution >= 4 is 23.4 Å². The number of H-pyrrole nitrogens is 1. The van der Waals surface area contributed by atoms with E-state index in [1.165, 1.54) is 32.0 Å². The van der Waals surface area contributed by atoms with Gasteiger partial charge in [0.1, 0.15) is 11.6 Å². The number of hydrogen-bond acceptors (Lipinski definition) is 8. The number of rotatable bonds is 6. The van der Waals surface area contributed by atoms with E-state index in [2.05, 4.69) is 15.3 Å². The van der Waals surface area contributed by atoms with E-state index in [1.807, 2.05) is 0 Å². The van der Waals surface area contributed by atoms with E-state index in [0.29, 0.717) is 46.9 Å². The SMILES string of the molecule is COc1cc([C@H]2C3=C(CCCC3=O)Nc3nc(SCc4ccccc4F)[nH]c(=O)c32)cc(OC)c1O. The standard InChI is InChI=1S/C26H24FN3O5S/c1-34-18-10-14(11-19(35-2)23(18)32)20-21-16(8-5-9-17(21)31)28-24-22(20)25(33)30-26(29-24)36-12-13-6-3-4-7-15(13)27/h3-4,6-7,10-11,20,32H,5,8-9,12H2,1-2H3,(H2,28,29,30,33)/t20-/m0/s1. The molecule has 1 aliphatic heterocycles. The average molecular weight is 510 g/mol. The van der Waals surface area contributed by atoms with Crippen LogP contribution in [0.1, 0.15) is 41.9 Å². The second-order valence-corrected chi connectivity index (χ2v) is 9.48. The van der Waals surface area contributed by atoms with E-state index >= 15 is 0 Å². The number of nitrogens with one attached hydrogen (secondary N) is 2. The molecule has 0 amide bonds. The molecule has 2 heterocycles. The first-order chi connectivity index (χ1) is 17.4. The zero-order valence-electron chi connectivity index (χ0n) is 19.7. The molecule has 2 aliphatic rings. The lowest BCUT2D eigenvalue weighted by Crippen LogP contribution is -2.32. The number of fused-ring (bicyclic) bond motifs is 1. The number of methoxy groups -OCH3 is 2. The second-order valence-electron chi connectivity index (χ2n) is 8.51. The number of aromatic nitrogens is 2. The first kappa shape index (κ1) is 23.9. The number of aromatic hydroxyl groups is 1. The highest BCUT2D eigenvalue weighted by Crippen LogP contribution is 2.47. The molecule has 8 nitrogen and oxygen atoms in total. The van der Waals surface area contributed by atoms with Gasteiger partial charge in [0.25, 0.3) is 5.56 Å². The first-order valence-corrected chi connectivity index (χ1v) is 12.4. The molecular formula is C26H24FN3O5S. The van der Waals surface area contributed by atoms with Crippen LogP contribution in [0.15, 0.2) is 57.6 Å². The Morgan fingerprint density at radius 1 is 1.14 bits per heavy atom. The number of phenols is 1. The summed E-state index contributed by atoms with van der Waals surface area (Å²) < 4.78 is 24.7. The Kier molecular flexibility index (Phi) is 6.44. The number of ether oxygens (including phenoxy) is 2. The predicted octanol–water partition coefficient (Wildman–Crippen LogP) is 4.49. The van der Waals surface area contributed by atoms with Crippen molar-refractivity contribution < 1.29 is 23.8 Å². The van der Waals surface area contributed by atoms with E-state index in [1.54, 1.807) is 30.3 Å². The highest BCUT2D eigenvalue weighted by atomic mass is 32.2. The van der Waals surface area contributed by atoms with Crippen molar-refractivity contribution in [2.45, 2.75) is 36.1 Å². The van der Waals surface area contributed by atoms with Crippen LogP contribution in [0.5, 0.6) is 17.2 Å². The number of anilines is 1. The van der Waals surface area contributed by atoms with Gasteiger partial charge in [-0.05, 0) is 42.2 Å². The van der Waals surface area contributed by atoms with Crippen LogP contribution in [0.25, 0.3) is 0 Å². The summed E-state index contributed by atoms with van der Waals surface area (Å²) in [7, 11) is 2.83. The van der Waals surface area contributed by atoms with Gasteiger partial charge in [-0.15, -0.1) is 0 Å². The van der Waals surface area contributed by atoms with E-state index in [4.69, 9.17) is 9.47 Å². The fourth-order valence-corrected chi connectivity index (χ4v) is 5.53. The lowest BCUT2D eigenvalue weighted by molar-refractivity contribution is -0.116. The third-order valence-corrected chi connectivity index (χ3v) is 7.32. The second kappa shape index (κ2) is 9.69. The maximum Gasteiger partial charge on any atom is 0.257 e. The molecule has 5 rings (SSSR count). The van der Waals surface area contributed by atoms with Gasteiger partial charge < -0.3 is 24.9 Å². The molecule has 36 heavy (non-hydrogen) atoms. The number of aromatic amines is 1. The molecule has 0 radical (unpaired) electrons. The van der Waals surface area contributed by atoms with Crippen molar-refractivity contribution in [3.05, 3.63) is 80.5 Å². The summed E-state index contributed by atoms with van der Waals surface area (Å²) in [5.74, 6) is -0.316. The van der Waals surface area contributed by atoms with Crippen molar-refractivity contribution in [2.75, 3.05) is 19.5 Å². The topological polar surface area (TPSA) is 114 Å². The summed E-state index contributed by atoms with van der Waals surface area (Å²) in [4.78, 5) is 33.9. The number of thioether (sulfide) groups is 1. The van der Waals surface area contributed by atoms with Crippen molar-refractivity contribution in [2.24, 2.45) is 0 Å². The monoisotopic (exact) mass is 509 g/mol. The Morgan fingerprint density at radius 2 is 1.86 bits per heavy atom. The zero-order chi connectivity index (χ0) is 25.4. The maximum atomic E-state index is 14.1. The highest BCUT2D eigenvalue weighted by Gasteiger charge is 2.38. The van der Waals surface area contributed by atoms with Gasteiger partial charge in [0, 0.05) is 29.4 Å². The fourth-order valence-electron chi connectivity index (χ4n) is 4.68. The van der Waals surface area contributed by atoms with Gasteiger partial charge in [-0.3, -0.25) is 9.59 Å². The van der Waals surface area contributed by atoms with Gasteiger partial charge in [-0.2, -0.15) is 0 Å². The van der Waals surface area contributed by atoms with E-state index in [-0.39, 0.29) is 40.2 Å². The van der Waals surface area contributed by atoms with Gasteiger partial charge in [-0.1, -0.05) is 30.0 Å². The largest absolute Gasteiger partial charge is 0.502 e. The number of nitrogens with zero attached hydrogens (tertiary/aromatic N) is 1. The Hall–Kier alpha value is -3.79. The molecule has 3 N–H and O–H groups in total. The predicted molar refractivity (Wildman–Crippen MR) is 133 cm³/mol. The van der Waals surface area contributed by atoms with Crippen molar-refractivity contribution in [3.8, 4) is 17.2 Å². The van der Waals surface area contributed by atoms with Crippen LogP contribution in [0.3, 0.4) is 0 Å². The number of ketones is 1. The first-order valence-electron chi connectivity index (χ1n) is 11.4. The average Bonchev–Trinajstić information content (AvgIpc) is 2.87. The summed E-state index contributed by atoms with van der Waals surface area (Å²) in [6.45, 7) is 0. The molecule has 3 aromatic rings. The summed E-state index contributed by atoms with van der Waals surface area (Å²) >= 11 is 1.21. The molecule has 1 aromatic heterocycles. The van der Waals surface area contributed by atoms with Gasteiger partial charge in [0.2, 0.25) is 5.75 Å². The normalized spacial score (nSPS) is 16.8.